The Morgan fingerprint density at radius 2 is 2.35 bits per heavy atom. The van der Waals surface area contributed by atoms with Gasteiger partial charge in [-0.1, -0.05) is 12.2 Å². The van der Waals surface area contributed by atoms with E-state index in [9.17, 15) is 0 Å². The summed E-state index contributed by atoms with van der Waals surface area (Å²) in [6, 6.07) is 3.86. The van der Waals surface area contributed by atoms with Gasteiger partial charge >= 0.3 is 0 Å². The van der Waals surface area contributed by atoms with Gasteiger partial charge in [-0.05, 0) is 26.0 Å². The molecule has 1 aromatic rings. The van der Waals surface area contributed by atoms with Crippen molar-refractivity contribution >= 4 is 23.0 Å². The zero-order valence-electron chi connectivity index (χ0n) is 10.1. The van der Waals surface area contributed by atoms with Crippen LogP contribution in [0.4, 0.5) is 5.82 Å². The van der Waals surface area contributed by atoms with E-state index in [1.807, 2.05) is 19.1 Å². The summed E-state index contributed by atoms with van der Waals surface area (Å²) in [6.07, 6.45) is 0.236. The van der Waals surface area contributed by atoms with E-state index in [1.165, 1.54) is 0 Å². The highest BCUT2D eigenvalue weighted by Crippen LogP contribution is 2.18. The van der Waals surface area contributed by atoms with Crippen LogP contribution in [0.15, 0.2) is 12.1 Å². The van der Waals surface area contributed by atoms with Crippen molar-refractivity contribution in [1.29, 1.82) is 0 Å². The van der Waals surface area contributed by atoms with Crippen molar-refractivity contribution in [3.05, 3.63) is 23.4 Å². The molecule has 1 aliphatic heterocycles. The van der Waals surface area contributed by atoms with Crippen LogP contribution >= 0.6 is 12.2 Å². The summed E-state index contributed by atoms with van der Waals surface area (Å²) in [5.41, 5.74) is 7.48. The van der Waals surface area contributed by atoms with Crippen molar-refractivity contribution in [2.24, 2.45) is 5.73 Å². The zero-order chi connectivity index (χ0) is 12.4. The number of morpholine rings is 1. The van der Waals surface area contributed by atoms with E-state index >= 15 is 0 Å². The van der Waals surface area contributed by atoms with Gasteiger partial charge in [0.1, 0.15) is 10.8 Å². The lowest BCUT2D eigenvalue weighted by molar-refractivity contribution is 0.0529. The van der Waals surface area contributed by atoms with Crippen LogP contribution in [0.1, 0.15) is 18.2 Å². The quantitative estimate of drug-likeness (QED) is 0.802. The molecule has 1 aromatic heterocycles. The average Bonchev–Trinajstić information content (AvgIpc) is 2.28. The Bertz CT molecular complexity index is 436. The maximum atomic E-state index is 5.67. The minimum atomic E-state index is 0.236. The lowest BCUT2D eigenvalue weighted by Crippen LogP contribution is -2.41. The van der Waals surface area contributed by atoms with Crippen molar-refractivity contribution in [3.8, 4) is 0 Å². The molecule has 17 heavy (non-hydrogen) atoms. The van der Waals surface area contributed by atoms with Crippen LogP contribution in [0.3, 0.4) is 0 Å². The molecule has 0 saturated carbocycles. The second-order valence-corrected chi connectivity index (χ2v) is 4.79. The Labute approximate surface area is 107 Å². The number of nitrogens with two attached hydrogens (primary N) is 1. The van der Waals surface area contributed by atoms with Crippen LogP contribution in [0.2, 0.25) is 0 Å². The number of hydrogen-bond donors (Lipinski definition) is 1. The fourth-order valence-corrected chi connectivity index (χ4v) is 2.10. The first kappa shape index (κ1) is 12.3. The van der Waals surface area contributed by atoms with Crippen molar-refractivity contribution in [2.75, 3.05) is 24.6 Å². The fourth-order valence-electron chi connectivity index (χ4n) is 1.98. The van der Waals surface area contributed by atoms with E-state index in [4.69, 9.17) is 22.7 Å². The van der Waals surface area contributed by atoms with E-state index in [0.29, 0.717) is 4.99 Å². The topological polar surface area (TPSA) is 51.4 Å². The molecule has 0 bridgehead atoms. The van der Waals surface area contributed by atoms with Crippen LogP contribution in [-0.4, -0.2) is 35.8 Å². The average molecular weight is 251 g/mol. The Morgan fingerprint density at radius 1 is 1.59 bits per heavy atom. The molecule has 1 saturated heterocycles. The molecule has 0 aliphatic carbocycles. The molecular weight excluding hydrogens is 234 g/mol. The van der Waals surface area contributed by atoms with Crippen LogP contribution < -0.4 is 10.6 Å². The normalized spacial score (nSPS) is 20.4. The number of pyridine rings is 1. The number of anilines is 1. The van der Waals surface area contributed by atoms with E-state index in [1.54, 1.807) is 0 Å². The second kappa shape index (κ2) is 4.98. The highest BCUT2D eigenvalue weighted by Gasteiger charge is 2.18. The van der Waals surface area contributed by atoms with E-state index < -0.39 is 0 Å². The predicted molar refractivity (Wildman–Crippen MR) is 72.5 cm³/mol. The highest BCUT2D eigenvalue weighted by molar-refractivity contribution is 7.80. The summed E-state index contributed by atoms with van der Waals surface area (Å²) >= 11 is 5.01. The first-order chi connectivity index (χ1) is 8.06. The number of ether oxygens (including phenoxy) is 1. The predicted octanol–water partition coefficient (Wildman–Crippen LogP) is 1.25. The Hall–Kier alpha value is -1.20. The number of thiocarbonyl (C=S) groups is 1. The third-order valence-electron chi connectivity index (χ3n) is 2.79. The van der Waals surface area contributed by atoms with E-state index in [-0.39, 0.29) is 6.10 Å². The van der Waals surface area contributed by atoms with E-state index in [0.717, 1.165) is 36.8 Å². The maximum absolute atomic E-state index is 5.67. The van der Waals surface area contributed by atoms with Crippen molar-refractivity contribution in [2.45, 2.75) is 20.0 Å². The van der Waals surface area contributed by atoms with Crippen molar-refractivity contribution in [3.63, 3.8) is 0 Å². The summed E-state index contributed by atoms with van der Waals surface area (Å²) in [5.74, 6) is 0.933. The largest absolute Gasteiger partial charge is 0.389 e. The molecule has 1 atom stereocenters. The smallest absolute Gasteiger partial charge is 0.129 e. The summed E-state index contributed by atoms with van der Waals surface area (Å²) in [5, 5.41) is 0. The number of hydrogen-bond acceptors (Lipinski definition) is 4. The highest BCUT2D eigenvalue weighted by atomic mass is 32.1. The number of aromatic nitrogens is 1. The van der Waals surface area contributed by atoms with Gasteiger partial charge in [0, 0.05) is 24.3 Å². The van der Waals surface area contributed by atoms with Gasteiger partial charge in [0.05, 0.1) is 12.7 Å². The fraction of sp³-hybridized carbons (Fsp3) is 0.500. The molecule has 2 heterocycles. The lowest BCUT2D eigenvalue weighted by Gasteiger charge is -2.32. The summed E-state index contributed by atoms with van der Waals surface area (Å²) < 4.78 is 5.52. The van der Waals surface area contributed by atoms with Crippen molar-refractivity contribution < 1.29 is 4.74 Å². The lowest BCUT2D eigenvalue weighted by atomic mass is 10.2. The van der Waals surface area contributed by atoms with E-state index in [2.05, 4.69) is 16.8 Å². The Kier molecular flexibility index (Phi) is 3.59. The molecule has 0 amide bonds. The van der Waals surface area contributed by atoms with Gasteiger partial charge < -0.3 is 15.4 Å². The number of aryl methyl sites for hydroxylation is 1. The van der Waals surface area contributed by atoms with Gasteiger partial charge in [-0.15, -0.1) is 0 Å². The third-order valence-corrected chi connectivity index (χ3v) is 3.03. The minimum absolute atomic E-state index is 0.236. The first-order valence-corrected chi connectivity index (χ1v) is 6.12. The molecule has 2 N–H and O–H groups in total. The Balaban J connectivity index is 2.28. The molecule has 1 fully saturated rings. The van der Waals surface area contributed by atoms with Gasteiger partial charge in [0.15, 0.2) is 0 Å². The van der Waals surface area contributed by atoms with Gasteiger partial charge in [-0.2, -0.15) is 0 Å². The van der Waals surface area contributed by atoms with Gasteiger partial charge in [0.25, 0.3) is 0 Å². The molecule has 0 spiro atoms. The molecule has 0 aromatic carbocycles. The molecule has 2 rings (SSSR count). The summed E-state index contributed by atoms with van der Waals surface area (Å²) in [6.45, 7) is 6.47. The first-order valence-electron chi connectivity index (χ1n) is 5.71. The molecule has 4 nitrogen and oxygen atoms in total. The van der Waals surface area contributed by atoms with Crippen LogP contribution in [0.5, 0.6) is 0 Å². The van der Waals surface area contributed by atoms with Gasteiger partial charge in [-0.3, -0.25) is 0 Å². The molecule has 5 heteroatoms. The third kappa shape index (κ3) is 2.92. The number of nitrogens with zero attached hydrogens (tertiary/aromatic N) is 2. The SMILES string of the molecule is Cc1cc(C(N)=S)cc(N2CCOC(C)C2)n1. The van der Waals surface area contributed by atoms with Crippen LogP contribution in [0, 0.1) is 6.92 Å². The number of rotatable bonds is 2. The van der Waals surface area contributed by atoms with Gasteiger partial charge in [-0.25, -0.2) is 4.98 Å². The monoisotopic (exact) mass is 251 g/mol. The molecule has 1 unspecified atom stereocenters. The zero-order valence-corrected chi connectivity index (χ0v) is 11.0. The van der Waals surface area contributed by atoms with Crippen LogP contribution in [-0.2, 0) is 4.74 Å². The summed E-state index contributed by atoms with van der Waals surface area (Å²) in [7, 11) is 0. The maximum Gasteiger partial charge on any atom is 0.129 e. The molecule has 0 radical (unpaired) electrons. The van der Waals surface area contributed by atoms with Crippen molar-refractivity contribution in [1.82, 2.24) is 4.98 Å². The second-order valence-electron chi connectivity index (χ2n) is 4.35. The molecular formula is C12H17N3OS. The Morgan fingerprint density at radius 3 is 3.00 bits per heavy atom. The van der Waals surface area contributed by atoms with Crippen LogP contribution in [0.25, 0.3) is 0 Å². The molecule has 92 valence electrons. The standard InChI is InChI=1S/C12H17N3OS/c1-8-5-10(12(13)17)6-11(14-8)15-3-4-16-9(2)7-15/h5-6,9H,3-4,7H2,1-2H3,(H2,13,17). The molecule has 1 aliphatic rings. The minimum Gasteiger partial charge on any atom is -0.389 e. The van der Waals surface area contributed by atoms with Gasteiger partial charge in [0.2, 0.25) is 0 Å². The summed E-state index contributed by atoms with van der Waals surface area (Å²) in [4.78, 5) is 7.16.